The maximum Gasteiger partial charge on any atom is 0.220 e. The number of nitrogens with one attached hydrogen (secondary N) is 1. The highest BCUT2D eigenvalue weighted by Gasteiger charge is 2.22. The molecule has 1 fully saturated rings. The zero-order valence-electron chi connectivity index (χ0n) is 14.2. The van der Waals surface area contributed by atoms with E-state index in [1.165, 1.54) is 12.1 Å². The lowest BCUT2D eigenvalue weighted by Gasteiger charge is -2.33. The molecule has 0 aliphatic carbocycles. The first-order valence-corrected chi connectivity index (χ1v) is 8.50. The number of aliphatic hydroxyl groups is 1. The molecule has 1 unspecified atom stereocenters. The minimum absolute atomic E-state index is 0.0391. The van der Waals surface area contributed by atoms with Crippen molar-refractivity contribution in [2.75, 3.05) is 33.4 Å². The van der Waals surface area contributed by atoms with Crippen LogP contribution in [-0.2, 0) is 16.0 Å². The largest absolute Gasteiger partial charge is 0.389 e. The molecular formula is C18H27FN2O3. The van der Waals surface area contributed by atoms with Gasteiger partial charge in [-0.2, -0.15) is 0 Å². The summed E-state index contributed by atoms with van der Waals surface area (Å²) >= 11 is 0. The first-order valence-electron chi connectivity index (χ1n) is 8.50. The van der Waals surface area contributed by atoms with Crippen LogP contribution >= 0.6 is 0 Å². The van der Waals surface area contributed by atoms with Crippen LogP contribution in [0.2, 0.25) is 0 Å². The molecule has 0 bridgehead atoms. The second-order valence-corrected chi connectivity index (χ2v) is 6.38. The van der Waals surface area contributed by atoms with Gasteiger partial charge in [0.15, 0.2) is 0 Å². The molecule has 1 heterocycles. The lowest BCUT2D eigenvalue weighted by atomic mass is 10.0. The number of aliphatic hydroxyl groups excluding tert-OH is 1. The molecule has 0 spiro atoms. The number of rotatable bonds is 8. The molecule has 1 aliphatic heterocycles. The summed E-state index contributed by atoms with van der Waals surface area (Å²) in [5.74, 6) is -0.220. The number of carbonyl (C=O) groups is 1. The molecule has 2 rings (SSSR count). The average Bonchev–Trinajstić information content (AvgIpc) is 2.56. The molecule has 24 heavy (non-hydrogen) atoms. The van der Waals surface area contributed by atoms with Gasteiger partial charge < -0.3 is 20.1 Å². The van der Waals surface area contributed by atoms with E-state index in [0.717, 1.165) is 31.5 Å². The van der Waals surface area contributed by atoms with Gasteiger partial charge in [0.05, 0.1) is 12.7 Å². The number of benzene rings is 1. The van der Waals surface area contributed by atoms with E-state index < -0.39 is 6.10 Å². The SMILES string of the molecule is COCC(O)CN1CCC(NC(=O)CCc2ccc(F)cc2)CC1. The monoisotopic (exact) mass is 338 g/mol. The Balaban J connectivity index is 1.64. The van der Waals surface area contributed by atoms with Gasteiger partial charge in [-0.25, -0.2) is 4.39 Å². The van der Waals surface area contributed by atoms with Crippen molar-refractivity contribution in [2.24, 2.45) is 0 Å². The molecule has 1 aromatic rings. The minimum atomic E-state index is -0.461. The van der Waals surface area contributed by atoms with E-state index >= 15 is 0 Å². The van der Waals surface area contributed by atoms with Crippen LogP contribution < -0.4 is 5.32 Å². The second kappa shape index (κ2) is 9.71. The minimum Gasteiger partial charge on any atom is -0.389 e. The molecule has 0 radical (unpaired) electrons. The van der Waals surface area contributed by atoms with Gasteiger partial charge in [0.1, 0.15) is 5.82 Å². The third-order valence-corrected chi connectivity index (χ3v) is 4.33. The predicted molar refractivity (Wildman–Crippen MR) is 90.2 cm³/mol. The van der Waals surface area contributed by atoms with Crippen molar-refractivity contribution in [1.29, 1.82) is 0 Å². The molecule has 1 saturated heterocycles. The Morgan fingerprint density at radius 2 is 2.04 bits per heavy atom. The Labute approximate surface area is 142 Å². The highest BCUT2D eigenvalue weighted by atomic mass is 19.1. The Morgan fingerprint density at radius 3 is 2.67 bits per heavy atom. The van der Waals surface area contributed by atoms with Gasteiger partial charge in [-0.05, 0) is 37.0 Å². The summed E-state index contributed by atoms with van der Waals surface area (Å²) in [7, 11) is 1.58. The van der Waals surface area contributed by atoms with E-state index in [9.17, 15) is 14.3 Å². The smallest absolute Gasteiger partial charge is 0.220 e. The lowest BCUT2D eigenvalue weighted by molar-refractivity contribution is -0.122. The van der Waals surface area contributed by atoms with Crippen molar-refractivity contribution < 1.29 is 19.0 Å². The summed E-state index contributed by atoms with van der Waals surface area (Å²) in [6.45, 7) is 2.69. The Morgan fingerprint density at radius 1 is 1.38 bits per heavy atom. The molecule has 1 aliphatic rings. The summed E-state index contributed by atoms with van der Waals surface area (Å²) in [6, 6.07) is 6.46. The summed E-state index contributed by atoms with van der Waals surface area (Å²) in [5, 5.41) is 12.8. The number of β-amino-alcohol motifs (C(OH)–C–C–N with tert-alkyl or cyclic N) is 1. The Hall–Kier alpha value is -1.50. The van der Waals surface area contributed by atoms with Crippen LogP contribution in [0.3, 0.4) is 0 Å². The third-order valence-electron chi connectivity index (χ3n) is 4.33. The van der Waals surface area contributed by atoms with Gasteiger partial charge >= 0.3 is 0 Å². The van der Waals surface area contributed by atoms with Crippen LogP contribution in [-0.4, -0.2) is 61.4 Å². The third kappa shape index (κ3) is 6.55. The number of nitrogens with zero attached hydrogens (tertiary/aromatic N) is 1. The van der Waals surface area contributed by atoms with Crippen molar-refractivity contribution in [3.05, 3.63) is 35.6 Å². The van der Waals surface area contributed by atoms with Crippen molar-refractivity contribution in [3.63, 3.8) is 0 Å². The molecule has 2 N–H and O–H groups in total. The number of piperidine rings is 1. The number of aryl methyl sites for hydroxylation is 1. The summed E-state index contributed by atoms with van der Waals surface area (Å²) in [5.41, 5.74) is 0.966. The number of ether oxygens (including phenoxy) is 1. The quantitative estimate of drug-likeness (QED) is 0.751. The van der Waals surface area contributed by atoms with E-state index in [1.54, 1.807) is 19.2 Å². The lowest BCUT2D eigenvalue weighted by Crippen LogP contribution is -2.47. The fraction of sp³-hybridized carbons (Fsp3) is 0.611. The number of likely N-dealkylation sites (tertiary alicyclic amines) is 1. The van der Waals surface area contributed by atoms with E-state index in [2.05, 4.69) is 10.2 Å². The highest BCUT2D eigenvalue weighted by Crippen LogP contribution is 2.12. The standard InChI is InChI=1S/C18H27FN2O3/c1-24-13-17(22)12-21-10-8-16(9-11-21)20-18(23)7-4-14-2-5-15(19)6-3-14/h2-3,5-6,16-17,22H,4,7-13H2,1H3,(H,20,23). The number of carbonyl (C=O) groups excluding carboxylic acids is 1. The Bertz CT molecular complexity index is 501. The van der Waals surface area contributed by atoms with Gasteiger partial charge in [0.2, 0.25) is 5.91 Å². The summed E-state index contributed by atoms with van der Waals surface area (Å²) < 4.78 is 17.8. The van der Waals surface area contributed by atoms with Gasteiger partial charge in [-0.15, -0.1) is 0 Å². The van der Waals surface area contributed by atoms with Crippen LogP contribution in [0, 0.1) is 5.82 Å². The highest BCUT2D eigenvalue weighted by molar-refractivity contribution is 5.76. The molecule has 1 atom stereocenters. The maximum atomic E-state index is 12.8. The molecule has 0 saturated carbocycles. The second-order valence-electron chi connectivity index (χ2n) is 6.38. The van der Waals surface area contributed by atoms with Crippen LogP contribution in [0.5, 0.6) is 0 Å². The number of methoxy groups -OCH3 is 1. The van der Waals surface area contributed by atoms with E-state index in [0.29, 0.717) is 26.0 Å². The number of hydrogen-bond donors (Lipinski definition) is 2. The predicted octanol–water partition coefficient (Wildman–Crippen LogP) is 1.35. The van der Waals surface area contributed by atoms with Gasteiger partial charge in [-0.3, -0.25) is 4.79 Å². The average molecular weight is 338 g/mol. The van der Waals surface area contributed by atoms with Crippen LogP contribution in [0.25, 0.3) is 0 Å². The topological polar surface area (TPSA) is 61.8 Å². The molecule has 134 valence electrons. The van der Waals surface area contributed by atoms with Crippen LogP contribution in [0.4, 0.5) is 4.39 Å². The van der Waals surface area contributed by atoms with Crippen molar-refractivity contribution >= 4 is 5.91 Å². The van der Waals surface area contributed by atoms with Gasteiger partial charge in [0, 0.05) is 39.2 Å². The molecular weight excluding hydrogens is 311 g/mol. The summed E-state index contributed by atoms with van der Waals surface area (Å²) in [4.78, 5) is 14.2. The zero-order valence-corrected chi connectivity index (χ0v) is 14.2. The van der Waals surface area contributed by atoms with Crippen molar-refractivity contribution in [1.82, 2.24) is 10.2 Å². The summed E-state index contributed by atoms with van der Waals surface area (Å²) in [6.07, 6.45) is 2.35. The number of halogens is 1. The molecule has 6 heteroatoms. The molecule has 5 nitrogen and oxygen atoms in total. The normalized spacial score (nSPS) is 17.6. The van der Waals surface area contributed by atoms with E-state index in [1.807, 2.05) is 0 Å². The molecule has 0 aromatic heterocycles. The van der Waals surface area contributed by atoms with Crippen molar-refractivity contribution in [2.45, 2.75) is 37.8 Å². The van der Waals surface area contributed by atoms with E-state index in [-0.39, 0.29) is 17.8 Å². The van der Waals surface area contributed by atoms with Gasteiger partial charge in [-0.1, -0.05) is 12.1 Å². The fourth-order valence-electron chi connectivity index (χ4n) is 3.01. The zero-order chi connectivity index (χ0) is 17.4. The van der Waals surface area contributed by atoms with Gasteiger partial charge in [0.25, 0.3) is 0 Å². The fourth-order valence-corrected chi connectivity index (χ4v) is 3.01. The van der Waals surface area contributed by atoms with Crippen LogP contribution in [0.15, 0.2) is 24.3 Å². The number of amides is 1. The first kappa shape index (κ1) is 18.8. The first-order chi connectivity index (χ1) is 11.6. The molecule has 1 amide bonds. The molecule has 1 aromatic carbocycles. The maximum absolute atomic E-state index is 12.8. The van der Waals surface area contributed by atoms with Crippen molar-refractivity contribution in [3.8, 4) is 0 Å². The van der Waals surface area contributed by atoms with E-state index in [4.69, 9.17) is 4.74 Å². The Kier molecular flexibility index (Phi) is 7.62. The van der Waals surface area contributed by atoms with Crippen LogP contribution in [0.1, 0.15) is 24.8 Å². The number of hydrogen-bond acceptors (Lipinski definition) is 4.